The SMILES string of the molecule is C=C(C(=N)c1cc2c(-c3ccc(C)s3)cccc2[nH]1)/C(N)=C\C=C(/C)c1cncc(CC2CCNCC2)c1. The summed E-state index contributed by atoms with van der Waals surface area (Å²) >= 11 is 1.77. The number of H-pyrrole nitrogens is 1. The van der Waals surface area contributed by atoms with Gasteiger partial charge in [-0.05, 0) is 105 Å². The normalized spacial score (nSPS) is 15.2. The third-order valence-electron chi connectivity index (χ3n) is 7.34. The molecule has 4 aromatic rings. The molecule has 0 amide bonds. The number of fused-ring (bicyclic) bond motifs is 1. The number of benzene rings is 1. The Bertz CT molecular complexity index is 1540. The second-order valence-corrected chi connectivity index (χ2v) is 11.5. The van der Waals surface area contributed by atoms with Gasteiger partial charge in [-0.15, -0.1) is 11.3 Å². The number of nitrogens with two attached hydrogens (primary N) is 1. The van der Waals surface area contributed by atoms with Gasteiger partial charge in [0.1, 0.15) is 0 Å². The van der Waals surface area contributed by atoms with Crippen molar-refractivity contribution in [3.63, 3.8) is 0 Å². The molecule has 5 nitrogen and oxygen atoms in total. The molecule has 5 rings (SSSR count). The first-order valence-electron chi connectivity index (χ1n) is 13.1. The van der Waals surface area contributed by atoms with Crippen LogP contribution in [0.25, 0.3) is 26.9 Å². The minimum atomic E-state index is 0.292. The fourth-order valence-electron chi connectivity index (χ4n) is 5.04. The minimum absolute atomic E-state index is 0.292. The molecule has 0 unspecified atom stereocenters. The zero-order valence-electron chi connectivity index (χ0n) is 22.1. The van der Waals surface area contributed by atoms with Crippen molar-refractivity contribution in [3.8, 4) is 10.4 Å². The molecule has 1 aliphatic rings. The fraction of sp³-hybridized carbons (Fsp3) is 0.250. The maximum Gasteiger partial charge on any atom is 0.0861 e. The fourth-order valence-corrected chi connectivity index (χ4v) is 5.94. The number of pyridine rings is 1. The van der Waals surface area contributed by atoms with Gasteiger partial charge in [0.25, 0.3) is 0 Å². The number of nitrogens with zero attached hydrogens (tertiary/aromatic N) is 1. The highest BCUT2D eigenvalue weighted by molar-refractivity contribution is 7.15. The van der Waals surface area contributed by atoms with Crippen LogP contribution in [0.2, 0.25) is 0 Å². The predicted octanol–water partition coefficient (Wildman–Crippen LogP) is 7.01. The third kappa shape index (κ3) is 5.72. The van der Waals surface area contributed by atoms with E-state index in [1.807, 2.05) is 42.7 Å². The zero-order valence-corrected chi connectivity index (χ0v) is 22.9. The van der Waals surface area contributed by atoms with Crippen molar-refractivity contribution in [1.29, 1.82) is 5.41 Å². The van der Waals surface area contributed by atoms with Crippen molar-refractivity contribution in [2.45, 2.75) is 33.1 Å². The Kier molecular flexibility index (Phi) is 7.72. The molecule has 0 radical (unpaired) electrons. The van der Waals surface area contributed by atoms with Gasteiger partial charge in [0.2, 0.25) is 0 Å². The van der Waals surface area contributed by atoms with Crippen molar-refractivity contribution >= 4 is 33.5 Å². The summed E-state index contributed by atoms with van der Waals surface area (Å²) in [5.41, 5.74) is 14.0. The van der Waals surface area contributed by atoms with E-state index in [0.29, 0.717) is 22.7 Å². The summed E-state index contributed by atoms with van der Waals surface area (Å²) in [6.07, 6.45) is 11.2. The highest BCUT2D eigenvalue weighted by atomic mass is 32.1. The van der Waals surface area contributed by atoms with E-state index in [-0.39, 0.29) is 0 Å². The lowest BCUT2D eigenvalue weighted by molar-refractivity contribution is 0.372. The molecule has 0 atom stereocenters. The van der Waals surface area contributed by atoms with Crippen LogP contribution < -0.4 is 11.1 Å². The summed E-state index contributed by atoms with van der Waals surface area (Å²) in [5, 5.41) is 13.3. The molecular formula is C32H35N5S. The van der Waals surface area contributed by atoms with Crippen LogP contribution in [-0.2, 0) is 6.42 Å². The summed E-state index contributed by atoms with van der Waals surface area (Å²) in [6.45, 7) is 10.5. The number of thiophene rings is 1. The van der Waals surface area contributed by atoms with Crippen molar-refractivity contribution < 1.29 is 0 Å². The lowest BCUT2D eigenvalue weighted by Crippen LogP contribution is -2.28. The first-order valence-corrected chi connectivity index (χ1v) is 14.0. The number of aromatic nitrogens is 2. The van der Waals surface area contributed by atoms with Crippen molar-refractivity contribution in [3.05, 3.63) is 107 Å². The van der Waals surface area contributed by atoms with Gasteiger partial charge in [-0.25, -0.2) is 0 Å². The number of aromatic amines is 1. The van der Waals surface area contributed by atoms with Crippen LogP contribution in [0, 0.1) is 18.3 Å². The minimum Gasteiger partial charge on any atom is -0.398 e. The number of hydrogen-bond donors (Lipinski definition) is 4. The van der Waals surface area contributed by atoms with Gasteiger partial charge in [0.05, 0.1) is 11.4 Å². The van der Waals surface area contributed by atoms with Crippen LogP contribution in [0.4, 0.5) is 0 Å². The molecular weight excluding hydrogens is 486 g/mol. The summed E-state index contributed by atoms with van der Waals surface area (Å²) in [5.74, 6) is 0.720. The topological polar surface area (TPSA) is 90.6 Å². The Hall–Kier alpha value is -3.74. The van der Waals surface area contributed by atoms with E-state index in [4.69, 9.17) is 11.1 Å². The number of aryl methyl sites for hydroxylation is 1. The van der Waals surface area contributed by atoms with Crippen LogP contribution >= 0.6 is 11.3 Å². The van der Waals surface area contributed by atoms with Crippen LogP contribution in [0.5, 0.6) is 0 Å². The average Bonchev–Trinajstić information content (AvgIpc) is 3.57. The Morgan fingerprint density at radius 1 is 1.16 bits per heavy atom. The monoisotopic (exact) mass is 521 g/mol. The summed E-state index contributed by atoms with van der Waals surface area (Å²) in [6, 6.07) is 14.8. The number of nitrogens with one attached hydrogen (secondary N) is 3. The third-order valence-corrected chi connectivity index (χ3v) is 8.37. The maximum atomic E-state index is 8.79. The van der Waals surface area contributed by atoms with E-state index in [1.54, 1.807) is 11.3 Å². The number of hydrogen-bond acceptors (Lipinski definition) is 5. The zero-order chi connectivity index (χ0) is 26.6. The lowest BCUT2D eigenvalue weighted by Gasteiger charge is -2.22. The highest BCUT2D eigenvalue weighted by Crippen LogP contribution is 2.34. The van der Waals surface area contributed by atoms with Crippen LogP contribution in [0.15, 0.2) is 84.9 Å². The Morgan fingerprint density at radius 3 is 2.74 bits per heavy atom. The van der Waals surface area contributed by atoms with Crippen molar-refractivity contribution in [1.82, 2.24) is 15.3 Å². The molecule has 0 saturated carbocycles. The first-order chi connectivity index (χ1) is 18.4. The molecule has 3 aromatic heterocycles. The molecule has 6 heteroatoms. The molecule has 194 valence electrons. The smallest absolute Gasteiger partial charge is 0.0861 e. The summed E-state index contributed by atoms with van der Waals surface area (Å²) in [7, 11) is 0. The number of piperidine rings is 1. The van der Waals surface area contributed by atoms with Gasteiger partial charge in [0, 0.05) is 49.9 Å². The molecule has 4 heterocycles. The van der Waals surface area contributed by atoms with E-state index in [0.717, 1.165) is 47.5 Å². The van der Waals surface area contributed by atoms with Gasteiger partial charge >= 0.3 is 0 Å². The van der Waals surface area contributed by atoms with Crippen molar-refractivity contribution in [2.75, 3.05) is 13.1 Å². The van der Waals surface area contributed by atoms with E-state index in [1.165, 1.54) is 33.7 Å². The van der Waals surface area contributed by atoms with Crippen LogP contribution in [0.1, 0.15) is 41.5 Å². The number of allylic oxidation sites excluding steroid dienone is 4. The van der Waals surface area contributed by atoms with E-state index in [9.17, 15) is 0 Å². The van der Waals surface area contributed by atoms with Crippen LogP contribution in [0.3, 0.4) is 0 Å². The lowest BCUT2D eigenvalue weighted by atomic mass is 9.91. The quantitative estimate of drug-likeness (QED) is 0.148. The first kappa shape index (κ1) is 25.9. The van der Waals surface area contributed by atoms with E-state index >= 15 is 0 Å². The molecule has 1 aromatic carbocycles. The largest absolute Gasteiger partial charge is 0.398 e. The predicted molar refractivity (Wildman–Crippen MR) is 162 cm³/mol. The van der Waals surface area contributed by atoms with Gasteiger partial charge < -0.3 is 16.0 Å². The van der Waals surface area contributed by atoms with Gasteiger partial charge in [-0.1, -0.05) is 24.8 Å². The van der Waals surface area contributed by atoms with Crippen molar-refractivity contribution in [2.24, 2.45) is 11.7 Å². The second-order valence-electron chi connectivity index (χ2n) is 10.2. The summed E-state index contributed by atoms with van der Waals surface area (Å²) < 4.78 is 0. The van der Waals surface area contributed by atoms with Gasteiger partial charge in [0.15, 0.2) is 0 Å². The standard InChI is InChI=1S/C32H35N5S/c1-20(25-16-24(18-36-19-25)15-23-11-13-35-14-12-23)7-9-28(33)22(3)32(34)30-17-27-26(5-4-6-29(27)37-30)31-10-8-21(2)38-31/h4-10,16-19,23,34-35,37H,3,11-15,33H2,1-2H3/b20-7+,28-9+,34-32?. The summed E-state index contributed by atoms with van der Waals surface area (Å²) in [4.78, 5) is 10.4. The maximum absolute atomic E-state index is 8.79. The molecule has 1 aliphatic heterocycles. The highest BCUT2D eigenvalue weighted by Gasteiger charge is 2.15. The molecule has 38 heavy (non-hydrogen) atoms. The Morgan fingerprint density at radius 2 is 1.97 bits per heavy atom. The van der Waals surface area contributed by atoms with Gasteiger partial charge in [-0.3, -0.25) is 10.4 Å². The second kappa shape index (κ2) is 11.3. The molecule has 5 N–H and O–H groups in total. The molecule has 1 saturated heterocycles. The van der Waals surface area contributed by atoms with Gasteiger partial charge in [-0.2, -0.15) is 0 Å². The number of rotatable bonds is 8. The Labute approximate surface area is 228 Å². The molecule has 1 fully saturated rings. The van der Waals surface area contributed by atoms with Crippen LogP contribution in [-0.4, -0.2) is 28.8 Å². The average molecular weight is 522 g/mol. The molecule has 0 bridgehead atoms. The molecule has 0 aliphatic carbocycles. The van der Waals surface area contributed by atoms with E-state index < -0.39 is 0 Å². The van der Waals surface area contributed by atoms with E-state index in [2.05, 4.69) is 60.0 Å². The molecule has 0 spiro atoms. The Balaban J connectivity index is 1.31.